The standard InChI is InChI=1S/C24H23N9O/c1-2-3-6-18-13-14-21(23-27-31-32-28-23)24(34)33(18)15-16-9-11-17(12-10-16)19-7-4-5-8-20(19)22-25-29-30-26-22/h4-5,7-14H,2-3,6,15H2,1H3,(H,25,26,29,30)(H,27,28,31,32). The summed E-state index contributed by atoms with van der Waals surface area (Å²) in [6, 6.07) is 19.9. The van der Waals surface area contributed by atoms with Gasteiger partial charge in [-0.25, -0.2) is 0 Å². The molecular formula is C24H23N9O. The number of tetrazole rings is 2. The van der Waals surface area contributed by atoms with E-state index >= 15 is 0 Å². The van der Waals surface area contributed by atoms with E-state index in [0.717, 1.165) is 47.2 Å². The number of nitrogens with one attached hydrogen (secondary N) is 2. The van der Waals surface area contributed by atoms with E-state index in [1.165, 1.54) is 0 Å². The van der Waals surface area contributed by atoms with Crippen molar-refractivity contribution in [1.29, 1.82) is 0 Å². The summed E-state index contributed by atoms with van der Waals surface area (Å²) in [5.41, 5.74) is 5.26. The molecule has 0 aliphatic heterocycles. The average molecular weight is 454 g/mol. The molecule has 0 radical (unpaired) electrons. The van der Waals surface area contributed by atoms with Crippen molar-refractivity contribution in [3.63, 3.8) is 0 Å². The second-order valence-electron chi connectivity index (χ2n) is 7.95. The SMILES string of the molecule is CCCCc1ccc(-c2nn[nH]n2)c(=O)n1Cc1ccc(-c2ccccc2-c2nn[nH]n2)cc1. The second kappa shape index (κ2) is 9.57. The van der Waals surface area contributed by atoms with Crippen LogP contribution in [-0.2, 0) is 13.0 Å². The minimum atomic E-state index is -0.124. The number of pyridine rings is 1. The molecule has 0 spiro atoms. The van der Waals surface area contributed by atoms with Gasteiger partial charge in [0.2, 0.25) is 11.6 Å². The summed E-state index contributed by atoms with van der Waals surface area (Å²) in [5, 5.41) is 28.4. The lowest BCUT2D eigenvalue weighted by Gasteiger charge is -2.15. The molecule has 5 aromatic rings. The molecule has 2 aromatic carbocycles. The van der Waals surface area contributed by atoms with Gasteiger partial charge in [0, 0.05) is 11.3 Å². The highest BCUT2D eigenvalue weighted by Crippen LogP contribution is 2.29. The number of rotatable bonds is 8. The molecule has 0 saturated carbocycles. The van der Waals surface area contributed by atoms with Crippen LogP contribution < -0.4 is 5.56 Å². The van der Waals surface area contributed by atoms with E-state index in [-0.39, 0.29) is 5.56 Å². The maximum absolute atomic E-state index is 13.3. The lowest BCUT2D eigenvalue weighted by molar-refractivity contribution is 0.668. The third kappa shape index (κ3) is 4.25. The number of aryl methyl sites for hydroxylation is 1. The monoisotopic (exact) mass is 453 g/mol. The van der Waals surface area contributed by atoms with E-state index in [1.54, 1.807) is 6.07 Å². The van der Waals surface area contributed by atoms with Gasteiger partial charge in [-0.2, -0.15) is 10.4 Å². The van der Waals surface area contributed by atoms with Crippen LogP contribution in [-0.4, -0.2) is 45.8 Å². The molecule has 0 saturated heterocycles. The number of hydrogen-bond acceptors (Lipinski definition) is 7. The Labute approximate surface area is 195 Å². The van der Waals surface area contributed by atoms with E-state index in [4.69, 9.17) is 0 Å². The van der Waals surface area contributed by atoms with Gasteiger partial charge >= 0.3 is 0 Å². The topological polar surface area (TPSA) is 131 Å². The molecule has 3 heterocycles. The zero-order chi connectivity index (χ0) is 23.3. The molecular weight excluding hydrogens is 430 g/mol. The zero-order valence-corrected chi connectivity index (χ0v) is 18.6. The fourth-order valence-corrected chi connectivity index (χ4v) is 3.99. The van der Waals surface area contributed by atoms with Crippen molar-refractivity contribution in [3.8, 4) is 33.9 Å². The lowest BCUT2D eigenvalue weighted by Crippen LogP contribution is -2.26. The highest BCUT2D eigenvalue weighted by Gasteiger charge is 2.15. The van der Waals surface area contributed by atoms with Crippen molar-refractivity contribution in [2.75, 3.05) is 0 Å². The molecule has 0 unspecified atom stereocenters. The number of aromatic nitrogens is 9. The fraction of sp³-hybridized carbons (Fsp3) is 0.208. The number of hydrogen-bond donors (Lipinski definition) is 2. The van der Waals surface area contributed by atoms with Gasteiger partial charge in [-0.1, -0.05) is 61.9 Å². The molecule has 0 aliphatic carbocycles. The highest BCUT2D eigenvalue weighted by molar-refractivity contribution is 5.80. The molecule has 0 amide bonds. The Morgan fingerprint density at radius 1 is 0.794 bits per heavy atom. The lowest BCUT2D eigenvalue weighted by atomic mass is 9.98. The minimum Gasteiger partial charge on any atom is -0.308 e. The predicted octanol–water partition coefficient (Wildman–Crippen LogP) is 3.27. The van der Waals surface area contributed by atoms with E-state index in [2.05, 4.69) is 48.2 Å². The van der Waals surface area contributed by atoms with Crippen LogP contribution in [0.4, 0.5) is 0 Å². The first-order chi connectivity index (χ1) is 16.7. The van der Waals surface area contributed by atoms with Gasteiger partial charge in [-0.05, 0) is 52.1 Å². The van der Waals surface area contributed by atoms with Crippen LogP contribution >= 0.6 is 0 Å². The quantitative estimate of drug-likeness (QED) is 0.369. The Bertz CT molecular complexity index is 1420. The van der Waals surface area contributed by atoms with Gasteiger partial charge in [0.1, 0.15) is 0 Å². The number of aromatic amines is 2. The maximum Gasteiger partial charge on any atom is 0.262 e. The Kier molecular flexibility index (Phi) is 6.02. The van der Waals surface area contributed by atoms with Crippen LogP contribution in [0.5, 0.6) is 0 Å². The van der Waals surface area contributed by atoms with Crippen molar-refractivity contribution < 1.29 is 0 Å². The third-order valence-corrected chi connectivity index (χ3v) is 5.76. The van der Waals surface area contributed by atoms with Crippen LogP contribution in [0.15, 0.2) is 65.5 Å². The van der Waals surface area contributed by atoms with Crippen molar-refractivity contribution in [1.82, 2.24) is 45.8 Å². The van der Waals surface area contributed by atoms with Gasteiger partial charge in [-0.15, -0.1) is 20.4 Å². The Hall–Kier alpha value is -4.47. The molecule has 2 N–H and O–H groups in total. The first kappa shape index (κ1) is 21.4. The number of unbranched alkanes of at least 4 members (excludes halogenated alkanes) is 1. The summed E-state index contributed by atoms with van der Waals surface area (Å²) >= 11 is 0. The summed E-state index contributed by atoms with van der Waals surface area (Å²) in [6.07, 6.45) is 2.89. The first-order valence-electron chi connectivity index (χ1n) is 11.1. The first-order valence-corrected chi connectivity index (χ1v) is 11.1. The number of H-pyrrole nitrogens is 2. The van der Waals surface area contributed by atoms with Crippen molar-refractivity contribution in [3.05, 3.63) is 82.3 Å². The zero-order valence-electron chi connectivity index (χ0n) is 18.6. The van der Waals surface area contributed by atoms with Crippen molar-refractivity contribution >= 4 is 0 Å². The normalized spacial score (nSPS) is 11.1. The Morgan fingerprint density at radius 3 is 2.12 bits per heavy atom. The summed E-state index contributed by atoms with van der Waals surface area (Å²) in [4.78, 5) is 13.3. The van der Waals surface area contributed by atoms with Crippen LogP contribution in [0.25, 0.3) is 33.9 Å². The molecule has 10 nitrogen and oxygen atoms in total. The summed E-state index contributed by atoms with van der Waals surface area (Å²) in [7, 11) is 0. The number of nitrogens with zero attached hydrogens (tertiary/aromatic N) is 7. The van der Waals surface area contributed by atoms with Crippen LogP contribution in [0.1, 0.15) is 31.0 Å². The van der Waals surface area contributed by atoms with Crippen LogP contribution in [0.2, 0.25) is 0 Å². The average Bonchev–Trinajstić information content (AvgIpc) is 3.60. The largest absolute Gasteiger partial charge is 0.308 e. The van der Waals surface area contributed by atoms with Gasteiger partial charge in [0.25, 0.3) is 5.56 Å². The summed E-state index contributed by atoms with van der Waals surface area (Å²) in [5.74, 6) is 0.847. The number of benzene rings is 2. The van der Waals surface area contributed by atoms with Gasteiger partial charge in [0.05, 0.1) is 12.1 Å². The van der Waals surface area contributed by atoms with Gasteiger partial charge in [-0.3, -0.25) is 4.79 Å². The summed E-state index contributed by atoms with van der Waals surface area (Å²) < 4.78 is 1.81. The van der Waals surface area contributed by atoms with Gasteiger partial charge < -0.3 is 4.57 Å². The fourth-order valence-electron chi connectivity index (χ4n) is 3.99. The molecule has 3 aromatic heterocycles. The van der Waals surface area contributed by atoms with E-state index in [1.807, 2.05) is 59.2 Å². The van der Waals surface area contributed by atoms with Gasteiger partial charge in [0.15, 0.2) is 0 Å². The third-order valence-electron chi connectivity index (χ3n) is 5.76. The minimum absolute atomic E-state index is 0.124. The second-order valence-corrected chi connectivity index (χ2v) is 7.95. The van der Waals surface area contributed by atoms with Crippen molar-refractivity contribution in [2.45, 2.75) is 32.7 Å². The molecule has 34 heavy (non-hydrogen) atoms. The van der Waals surface area contributed by atoms with E-state index < -0.39 is 0 Å². The molecule has 0 bridgehead atoms. The molecule has 170 valence electrons. The molecule has 0 aliphatic rings. The van der Waals surface area contributed by atoms with Crippen molar-refractivity contribution in [2.24, 2.45) is 0 Å². The van der Waals surface area contributed by atoms with Crippen LogP contribution in [0.3, 0.4) is 0 Å². The molecule has 0 atom stereocenters. The molecule has 10 heteroatoms. The Balaban J connectivity index is 1.48. The van der Waals surface area contributed by atoms with E-state index in [9.17, 15) is 4.79 Å². The Morgan fingerprint density at radius 2 is 1.47 bits per heavy atom. The predicted molar refractivity (Wildman–Crippen MR) is 127 cm³/mol. The highest BCUT2D eigenvalue weighted by atomic mass is 16.1. The smallest absolute Gasteiger partial charge is 0.262 e. The maximum atomic E-state index is 13.3. The van der Waals surface area contributed by atoms with E-state index in [0.29, 0.717) is 23.8 Å². The molecule has 0 fully saturated rings. The van der Waals surface area contributed by atoms with Crippen LogP contribution in [0, 0.1) is 0 Å². The summed E-state index contributed by atoms with van der Waals surface area (Å²) in [6.45, 7) is 2.59. The molecule has 5 rings (SSSR count).